The second-order valence-corrected chi connectivity index (χ2v) is 21.0. The Morgan fingerprint density at radius 1 is 0.444 bits per heavy atom. The molecule has 2 unspecified atom stereocenters. The van der Waals surface area contributed by atoms with Crippen LogP contribution in [0.25, 0.3) is 22.3 Å². The van der Waals surface area contributed by atoms with Crippen LogP contribution in [0, 0.1) is 0 Å². The fraction of sp³-hybridized carbons (Fsp3) is 0.158. The van der Waals surface area contributed by atoms with E-state index in [9.17, 15) is 14.8 Å². The molecule has 0 bridgehead atoms. The quantitative estimate of drug-likeness (QED) is 0.0515. The Hall–Kier alpha value is -4.73. The van der Waals surface area contributed by atoms with Crippen molar-refractivity contribution in [3.8, 4) is 56.8 Å². The molecule has 3 aliphatic rings. The van der Waals surface area contributed by atoms with Crippen molar-refractivity contribution in [3.63, 3.8) is 0 Å². The van der Waals surface area contributed by atoms with Gasteiger partial charge in [0, 0.05) is 11.1 Å². The van der Waals surface area contributed by atoms with Crippen molar-refractivity contribution in [2.45, 2.75) is 18.7 Å². The Morgan fingerprint density at radius 3 is 1.06 bits per heavy atom. The minimum absolute atomic E-state index is 0. The van der Waals surface area contributed by atoms with Crippen LogP contribution < -0.4 is 104 Å². The Kier molecular flexibility index (Phi) is 20.4. The van der Waals surface area contributed by atoms with Gasteiger partial charge in [-0.15, -0.1) is 0 Å². The molecule has 3 aliphatic heterocycles. The van der Waals surface area contributed by atoms with Crippen LogP contribution in [0.5, 0.6) is 34.5 Å². The molecule has 11 rings (SSSR count). The number of fused-ring (bicyclic) bond motifs is 6. The van der Waals surface area contributed by atoms with Gasteiger partial charge in [0.2, 0.25) is 0 Å². The summed E-state index contributed by atoms with van der Waals surface area (Å²) < 4.78 is 58.1. The number of benzene rings is 8. The van der Waals surface area contributed by atoms with Crippen LogP contribution in [0.2, 0.25) is 0 Å². The number of hydrogen-bond acceptors (Lipinski definition) is 11. The maximum absolute atomic E-state index is 15.1. The van der Waals surface area contributed by atoms with Crippen molar-refractivity contribution in [3.05, 3.63) is 216 Å². The molecule has 8 aromatic rings. The van der Waals surface area contributed by atoms with E-state index in [4.69, 9.17) is 28.7 Å². The zero-order valence-corrected chi connectivity index (χ0v) is 45.9. The molecule has 0 aromatic heterocycles. The largest absolute Gasteiger partial charge is 1.00 e. The van der Waals surface area contributed by atoms with Crippen molar-refractivity contribution in [2.24, 2.45) is 0 Å². The van der Waals surface area contributed by atoms with Gasteiger partial charge in [-0.2, -0.15) is 0 Å². The van der Waals surface area contributed by atoms with Crippen LogP contribution in [-0.4, -0.2) is 60.1 Å². The smallest absolute Gasteiger partial charge is 1.00 e. The summed E-state index contributed by atoms with van der Waals surface area (Å²) in [5.74, 6) is 2.69. The number of epoxide rings is 1. The molecule has 0 radical (unpaired) electrons. The van der Waals surface area contributed by atoms with E-state index in [0.717, 1.165) is 57.7 Å². The van der Waals surface area contributed by atoms with E-state index in [2.05, 4.69) is 4.74 Å². The molecule has 0 saturated carbocycles. The molecule has 1 saturated heterocycles. The first-order valence-corrected chi connectivity index (χ1v) is 25.9. The number of aliphatic hydroxyl groups excluding tert-OH is 2. The fourth-order valence-electron chi connectivity index (χ4n) is 8.56. The molecule has 8 aromatic carbocycles. The molecule has 11 nitrogen and oxygen atoms in total. The fourth-order valence-corrected chi connectivity index (χ4v) is 14.3. The third-order valence-corrected chi connectivity index (χ3v) is 17.3. The average molecular weight is 1140 g/mol. The van der Waals surface area contributed by atoms with E-state index in [1.165, 1.54) is 0 Å². The van der Waals surface area contributed by atoms with Crippen molar-refractivity contribution in [1.82, 2.24) is 0 Å². The van der Waals surface area contributed by atoms with Crippen molar-refractivity contribution < 1.29 is 128 Å². The van der Waals surface area contributed by atoms with Crippen LogP contribution in [0.1, 0.15) is 41.0 Å². The van der Waals surface area contributed by atoms with E-state index in [1.54, 1.807) is 48.5 Å². The Labute approximate surface area is 480 Å². The van der Waals surface area contributed by atoms with Crippen LogP contribution in [0.15, 0.2) is 194 Å². The predicted octanol–water partition coefficient (Wildman–Crippen LogP) is 5.69. The second-order valence-electron chi connectivity index (χ2n) is 16.3. The number of rotatable bonds is 12. The van der Waals surface area contributed by atoms with Gasteiger partial charge in [0.05, 0.1) is 37.0 Å². The number of ether oxygens (including phenoxy) is 3. The van der Waals surface area contributed by atoms with Crippen molar-refractivity contribution >= 4 is 25.3 Å². The minimum Gasteiger partial charge on any atom is -1.00 e. The SMILES string of the molecule is C.C1CO1.O=P1(C(c2ccc(O)cc2)c2ccc(O)cc2)Oc2ccccc2-c2ccccc21.O=P1(C(c2ccc(OCCO)cc2)c2ccc(OCCO)cc2)Oc2ccccc2-c2ccccc21.[I-].[K+]. The van der Waals surface area contributed by atoms with Crippen molar-refractivity contribution in [1.29, 1.82) is 0 Å². The van der Waals surface area contributed by atoms with Gasteiger partial charge >= 0.3 is 51.4 Å². The number of hydrogen-bond donors (Lipinski definition) is 4. The van der Waals surface area contributed by atoms with Gasteiger partial charge in [-0.05, 0) is 106 Å². The van der Waals surface area contributed by atoms with E-state index < -0.39 is 26.1 Å². The summed E-state index contributed by atoms with van der Waals surface area (Å²) in [7, 11) is -7.01. The molecule has 4 N–H and O–H groups in total. The van der Waals surface area contributed by atoms with Crippen LogP contribution in [0.4, 0.5) is 0 Å². The number of para-hydroxylation sites is 2. The summed E-state index contributed by atoms with van der Waals surface area (Å²) in [6.07, 6.45) is 0. The summed E-state index contributed by atoms with van der Waals surface area (Å²) in [6, 6.07) is 58.8. The van der Waals surface area contributed by atoms with E-state index >= 15 is 4.57 Å². The maximum Gasteiger partial charge on any atom is 1.00 e. The number of halogens is 1. The first-order valence-electron chi connectivity index (χ1n) is 22.5. The molecule has 0 spiro atoms. The maximum atomic E-state index is 15.1. The molecule has 1 fully saturated rings. The summed E-state index contributed by atoms with van der Waals surface area (Å²) in [6.45, 7) is 2.25. The molecule has 72 heavy (non-hydrogen) atoms. The summed E-state index contributed by atoms with van der Waals surface area (Å²) in [5, 5.41) is 39.0. The van der Waals surface area contributed by atoms with Gasteiger partial charge in [0.25, 0.3) is 14.7 Å². The summed E-state index contributed by atoms with van der Waals surface area (Å²) >= 11 is 0. The second kappa shape index (κ2) is 26.0. The molecule has 2 atom stereocenters. The third kappa shape index (κ3) is 12.6. The number of aromatic hydroxyl groups is 2. The van der Waals surface area contributed by atoms with Gasteiger partial charge in [0.15, 0.2) is 0 Å². The van der Waals surface area contributed by atoms with Crippen molar-refractivity contribution in [2.75, 3.05) is 39.6 Å². The van der Waals surface area contributed by atoms with Crippen LogP contribution in [0.3, 0.4) is 0 Å². The Bertz CT molecular complexity index is 3020. The number of aliphatic hydroxyl groups is 2. The normalized spacial score (nSPS) is 16.2. The predicted molar refractivity (Wildman–Crippen MR) is 275 cm³/mol. The van der Waals surface area contributed by atoms with Crippen LogP contribution in [-0.2, 0) is 13.9 Å². The van der Waals surface area contributed by atoms with E-state index in [0.29, 0.717) is 33.6 Å². The van der Waals surface area contributed by atoms with E-state index in [1.807, 2.05) is 146 Å². The molecular weight excluding hydrogens is 1090 g/mol. The van der Waals surface area contributed by atoms with Gasteiger partial charge in [0.1, 0.15) is 59.0 Å². The number of phenols is 2. The topological polar surface area (TPSA) is 165 Å². The molecule has 0 amide bonds. The zero-order valence-electron chi connectivity index (χ0n) is 38.8. The van der Waals surface area contributed by atoms with Gasteiger partial charge in [-0.1, -0.05) is 129 Å². The van der Waals surface area contributed by atoms with Gasteiger partial charge in [-0.25, -0.2) is 0 Å². The standard InChI is InChI=1S/C29H27O6P.C25H19O4P.C2H4O.CH4.HI.K/c30-17-19-33-23-13-9-21(10-14-23)29(22-11-15-24(16-12-22)34-20-18-31)36(32)28-8-4-2-6-26(28)25-5-1-3-7-27(25)35-36;26-19-13-9-17(10-14-19)25(18-11-15-20(27)16-12-18)30(28)24-8-4-2-6-22(24)21-5-1-3-7-23(21)29-30;1-2-3-1;;;/h1-16,29-31H,17-20H2;1-16,25-27H;1-2H2;1H4;1H;/q;;;;;+1/p-1. The summed E-state index contributed by atoms with van der Waals surface area (Å²) in [5.41, 5.74) is 5.57. The minimum atomic E-state index is -3.52. The molecule has 366 valence electrons. The van der Waals surface area contributed by atoms with Gasteiger partial charge < -0.3 is 67.7 Å². The van der Waals surface area contributed by atoms with E-state index in [-0.39, 0.29) is 121 Å². The Morgan fingerprint density at radius 2 is 0.736 bits per heavy atom. The number of phenolic OH excluding ortho intramolecular Hbond substituents is 2. The molecule has 3 heterocycles. The van der Waals surface area contributed by atoms with Gasteiger partial charge in [-0.3, -0.25) is 9.13 Å². The Balaban J connectivity index is 0.000000216. The molecular formula is C57H54IKO11P2. The molecule has 0 aliphatic carbocycles. The summed E-state index contributed by atoms with van der Waals surface area (Å²) in [4.78, 5) is 0. The van der Waals surface area contributed by atoms with Crippen LogP contribution >= 0.6 is 14.7 Å². The first-order chi connectivity index (χ1) is 33.7. The zero-order chi connectivity index (χ0) is 47.8. The third-order valence-electron chi connectivity index (χ3n) is 11.7. The first kappa shape index (κ1) is 56.6. The molecule has 15 heteroatoms. The average Bonchev–Trinajstić information content (AvgIpc) is 4.28. The monoisotopic (exact) mass is 1140 g/mol.